The molecule has 1 aromatic heterocycles. The lowest BCUT2D eigenvalue weighted by molar-refractivity contribution is -0.130. The maximum absolute atomic E-state index is 12.1. The molecule has 1 amide bonds. The Morgan fingerprint density at radius 2 is 2.15 bits per heavy atom. The van der Waals surface area contributed by atoms with Crippen LogP contribution >= 0.6 is 11.8 Å². The van der Waals surface area contributed by atoms with Crippen LogP contribution in [0.2, 0.25) is 0 Å². The van der Waals surface area contributed by atoms with Crippen LogP contribution in [0.5, 0.6) is 0 Å². The maximum atomic E-state index is 12.1. The second kappa shape index (κ2) is 6.62. The van der Waals surface area contributed by atoms with Gasteiger partial charge in [0.2, 0.25) is 5.91 Å². The number of rotatable bonds is 3. The molecule has 1 atom stereocenters. The number of nitriles is 1. The van der Waals surface area contributed by atoms with Crippen LogP contribution in [-0.4, -0.2) is 53.5 Å². The molecule has 20 heavy (non-hydrogen) atoms. The Morgan fingerprint density at radius 3 is 2.75 bits per heavy atom. The number of anilines is 1. The monoisotopic (exact) mass is 290 g/mol. The van der Waals surface area contributed by atoms with Gasteiger partial charge in [-0.2, -0.15) is 17.0 Å². The minimum Gasteiger partial charge on any atom is -0.353 e. The van der Waals surface area contributed by atoms with Gasteiger partial charge < -0.3 is 9.80 Å². The van der Waals surface area contributed by atoms with E-state index in [0.717, 1.165) is 18.9 Å². The minimum atomic E-state index is 0.0154. The molecule has 1 aliphatic rings. The summed E-state index contributed by atoms with van der Waals surface area (Å²) in [6.45, 7) is 4.88. The number of thioether (sulfide) groups is 1. The molecule has 106 valence electrons. The number of nitrogens with zero attached hydrogens (tertiary/aromatic N) is 4. The Labute approximate surface area is 123 Å². The molecule has 1 aromatic rings. The van der Waals surface area contributed by atoms with Crippen molar-refractivity contribution in [2.75, 3.05) is 37.3 Å². The summed E-state index contributed by atoms with van der Waals surface area (Å²) in [5.41, 5.74) is 0.615. The molecule has 0 unspecified atom stereocenters. The number of hydrogen-bond donors (Lipinski definition) is 0. The standard InChI is InChI=1S/C14H18N4OS/c1-11(20-2)14(19)18-7-5-17(6-8-18)13-9-12(10-15)3-4-16-13/h3-4,9,11H,5-8H2,1-2H3/t11-/m1/s1. The molecule has 0 aliphatic carbocycles. The van der Waals surface area contributed by atoms with Gasteiger partial charge in [-0.3, -0.25) is 4.79 Å². The third-order valence-electron chi connectivity index (χ3n) is 3.49. The van der Waals surface area contributed by atoms with Crippen LogP contribution < -0.4 is 4.90 Å². The Bertz CT molecular complexity index is 520. The van der Waals surface area contributed by atoms with Crippen molar-refractivity contribution >= 4 is 23.5 Å². The molecule has 1 fully saturated rings. The van der Waals surface area contributed by atoms with E-state index in [1.54, 1.807) is 30.1 Å². The van der Waals surface area contributed by atoms with E-state index in [1.807, 2.05) is 18.1 Å². The van der Waals surface area contributed by atoms with Gasteiger partial charge >= 0.3 is 0 Å². The van der Waals surface area contributed by atoms with E-state index in [-0.39, 0.29) is 11.2 Å². The zero-order valence-corrected chi connectivity index (χ0v) is 12.6. The Balaban J connectivity index is 1.97. The van der Waals surface area contributed by atoms with Gasteiger partial charge in [-0.05, 0) is 25.3 Å². The molecule has 0 saturated carbocycles. The molecular formula is C14H18N4OS. The molecule has 2 rings (SSSR count). The topological polar surface area (TPSA) is 60.2 Å². The van der Waals surface area contributed by atoms with Gasteiger partial charge in [-0.25, -0.2) is 4.98 Å². The Kier molecular flexibility index (Phi) is 4.85. The zero-order valence-electron chi connectivity index (χ0n) is 11.7. The summed E-state index contributed by atoms with van der Waals surface area (Å²) < 4.78 is 0. The summed E-state index contributed by atoms with van der Waals surface area (Å²) in [5, 5.41) is 8.93. The van der Waals surface area contributed by atoms with Crippen molar-refractivity contribution < 1.29 is 4.79 Å². The number of aromatic nitrogens is 1. The summed E-state index contributed by atoms with van der Waals surface area (Å²) in [4.78, 5) is 20.4. The zero-order chi connectivity index (χ0) is 14.5. The van der Waals surface area contributed by atoms with Crippen LogP contribution in [0.25, 0.3) is 0 Å². The van der Waals surface area contributed by atoms with E-state index in [4.69, 9.17) is 5.26 Å². The first-order valence-corrected chi connectivity index (χ1v) is 7.87. The van der Waals surface area contributed by atoms with Crippen molar-refractivity contribution in [1.82, 2.24) is 9.88 Å². The summed E-state index contributed by atoms with van der Waals surface area (Å²) in [6.07, 6.45) is 3.61. The first kappa shape index (κ1) is 14.7. The van der Waals surface area contributed by atoms with Crippen LogP contribution in [0.15, 0.2) is 18.3 Å². The van der Waals surface area contributed by atoms with Gasteiger partial charge in [0.25, 0.3) is 0 Å². The lowest BCUT2D eigenvalue weighted by atomic mass is 10.2. The molecule has 1 aliphatic heterocycles. The Morgan fingerprint density at radius 1 is 1.45 bits per heavy atom. The normalized spacial score (nSPS) is 16.6. The predicted octanol–water partition coefficient (Wildman–Crippen LogP) is 1.35. The van der Waals surface area contributed by atoms with Gasteiger partial charge in [0.1, 0.15) is 5.82 Å². The number of piperazine rings is 1. The summed E-state index contributed by atoms with van der Waals surface area (Å²) in [5.74, 6) is 1.02. The van der Waals surface area contributed by atoms with Crippen molar-refractivity contribution in [3.63, 3.8) is 0 Å². The maximum Gasteiger partial charge on any atom is 0.235 e. The first-order chi connectivity index (χ1) is 9.65. The van der Waals surface area contributed by atoms with Crippen LogP contribution in [-0.2, 0) is 4.79 Å². The van der Waals surface area contributed by atoms with Crippen LogP contribution in [0.4, 0.5) is 5.82 Å². The lowest BCUT2D eigenvalue weighted by Crippen LogP contribution is -2.50. The quantitative estimate of drug-likeness (QED) is 0.841. The predicted molar refractivity (Wildman–Crippen MR) is 80.7 cm³/mol. The van der Waals surface area contributed by atoms with E-state index in [1.165, 1.54) is 0 Å². The summed E-state index contributed by atoms with van der Waals surface area (Å²) in [7, 11) is 0. The van der Waals surface area contributed by atoms with Gasteiger partial charge in [0, 0.05) is 32.4 Å². The van der Waals surface area contributed by atoms with Crippen molar-refractivity contribution in [1.29, 1.82) is 5.26 Å². The second-order valence-electron chi connectivity index (χ2n) is 4.70. The molecule has 0 spiro atoms. The largest absolute Gasteiger partial charge is 0.353 e. The number of carbonyl (C=O) groups excluding carboxylic acids is 1. The highest BCUT2D eigenvalue weighted by atomic mass is 32.2. The molecule has 0 N–H and O–H groups in total. The van der Waals surface area contributed by atoms with E-state index < -0.39 is 0 Å². The molecule has 2 heterocycles. The van der Waals surface area contributed by atoms with Crippen LogP contribution in [0.3, 0.4) is 0 Å². The number of hydrogen-bond acceptors (Lipinski definition) is 5. The highest BCUT2D eigenvalue weighted by Crippen LogP contribution is 2.16. The SMILES string of the molecule is CS[C@H](C)C(=O)N1CCN(c2cc(C#N)ccn2)CC1. The highest BCUT2D eigenvalue weighted by molar-refractivity contribution is 7.99. The fraction of sp³-hybridized carbons (Fsp3) is 0.500. The van der Waals surface area contributed by atoms with Crippen molar-refractivity contribution in [2.45, 2.75) is 12.2 Å². The third kappa shape index (κ3) is 3.23. The van der Waals surface area contributed by atoms with E-state index in [9.17, 15) is 4.79 Å². The van der Waals surface area contributed by atoms with E-state index in [0.29, 0.717) is 18.7 Å². The van der Waals surface area contributed by atoms with Gasteiger partial charge in [0.15, 0.2) is 0 Å². The van der Waals surface area contributed by atoms with Gasteiger partial charge in [-0.1, -0.05) is 0 Å². The van der Waals surface area contributed by atoms with Crippen molar-refractivity contribution in [3.8, 4) is 6.07 Å². The van der Waals surface area contributed by atoms with Crippen molar-refractivity contribution in [2.24, 2.45) is 0 Å². The molecule has 0 radical (unpaired) electrons. The van der Waals surface area contributed by atoms with E-state index >= 15 is 0 Å². The molecule has 1 saturated heterocycles. The minimum absolute atomic E-state index is 0.0154. The second-order valence-corrected chi connectivity index (χ2v) is 5.88. The molecule has 6 heteroatoms. The highest BCUT2D eigenvalue weighted by Gasteiger charge is 2.24. The number of carbonyl (C=O) groups is 1. The number of pyridine rings is 1. The first-order valence-electron chi connectivity index (χ1n) is 6.58. The summed E-state index contributed by atoms with van der Waals surface area (Å²) >= 11 is 1.58. The van der Waals surface area contributed by atoms with Gasteiger partial charge in [0.05, 0.1) is 16.9 Å². The Hall–Kier alpha value is -1.74. The van der Waals surface area contributed by atoms with E-state index in [2.05, 4.69) is 16.0 Å². The average molecular weight is 290 g/mol. The van der Waals surface area contributed by atoms with Crippen LogP contribution in [0.1, 0.15) is 12.5 Å². The fourth-order valence-corrected chi connectivity index (χ4v) is 2.53. The smallest absolute Gasteiger partial charge is 0.235 e. The third-order valence-corrected chi connectivity index (χ3v) is 4.40. The summed E-state index contributed by atoms with van der Waals surface area (Å²) in [6, 6.07) is 5.61. The number of amides is 1. The van der Waals surface area contributed by atoms with Crippen LogP contribution in [0, 0.1) is 11.3 Å². The molecule has 5 nitrogen and oxygen atoms in total. The van der Waals surface area contributed by atoms with Gasteiger partial charge in [-0.15, -0.1) is 0 Å². The molecule has 0 aromatic carbocycles. The molecular weight excluding hydrogens is 272 g/mol. The fourth-order valence-electron chi connectivity index (χ4n) is 2.17. The van der Waals surface area contributed by atoms with Crippen molar-refractivity contribution in [3.05, 3.63) is 23.9 Å². The average Bonchev–Trinajstić information content (AvgIpc) is 2.53. The lowest BCUT2D eigenvalue weighted by Gasteiger charge is -2.36. The molecule has 0 bridgehead atoms.